The molecule has 1 unspecified atom stereocenters. The Labute approximate surface area is 171 Å². The quantitative estimate of drug-likeness (QED) is 0.482. The molecule has 5 rings (SSSR count). The Morgan fingerprint density at radius 2 is 2.00 bits per heavy atom. The number of Topliss-reactive ketones (excluding diaryl/α,β-unsaturated/α-hetero) is 1. The summed E-state index contributed by atoms with van der Waals surface area (Å²) in [5, 5.41) is 9.43. The number of aliphatic hydroxyl groups is 1. The number of carbonyl (C=O) groups is 1. The lowest BCUT2D eigenvalue weighted by atomic mass is 9.46. The molecule has 3 fully saturated rings. The van der Waals surface area contributed by atoms with E-state index in [2.05, 4.69) is 47.6 Å². The molecule has 1 N–H and O–H groups in total. The average molecular weight is 405 g/mol. The Kier molecular flexibility index (Phi) is 4.46. The molecule has 4 heteroatoms. The maximum absolute atomic E-state index is 12.3. The van der Waals surface area contributed by atoms with Gasteiger partial charge in [-0.05, 0) is 85.5 Å². The Bertz CT molecular complexity index is 720. The molecular formula is C23H32O2S2. The molecule has 0 radical (unpaired) electrons. The third-order valence-corrected chi connectivity index (χ3v) is 12.3. The summed E-state index contributed by atoms with van der Waals surface area (Å²) >= 11 is 0. The molecule has 0 aromatic rings. The van der Waals surface area contributed by atoms with Gasteiger partial charge < -0.3 is 5.11 Å². The van der Waals surface area contributed by atoms with Gasteiger partial charge in [0.2, 0.25) is 0 Å². The summed E-state index contributed by atoms with van der Waals surface area (Å²) in [6.07, 6.45) is 14.9. The fraction of sp³-hybridized carbons (Fsp3) is 0.783. The van der Waals surface area contributed by atoms with Gasteiger partial charge >= 0.3 is 0 Å². The van der Waals surface area contributed by atoms with Gasteiger partial charge in [-0.15, -0.1) is 0 Å². The molecule has 1 saturated heterocycles. The number of rotatable bonds is 2. The van der Waals surface area contributed by atoms with Gasteiger partial charge in [0, 0.05) is 10.5 Å². The molecule has 1 heterocycles. The Morgan fingerprint density at radius 3 is 2.74 bits per heavy atom. The minimum atomic E-state index is -0.329. The molecule has 6 atom stereocenters. The summed E-state index contributed by atoms with van der Waals surface area (Å²) in [5.74, 6) is 3.41. The van der Waals surface area contributed by atoms with Crippen molar-refractivity contribution in [2.75, 3.05) is 12.4 Å². The minimum absolute atomic E-state index is 0.00634. The van der Waals surface area contributed by atoms with Gasteiger partial charge in [0.1, 0.15) is 6.61 Å². The summed E-state index contributed by atoms with van der Waals surface area (Å²) in [6.45, 7) is 4.56. The number of aliphatic hydroxyl groups excluding tert-OH is 1. The van der Waals surface area contributed by atoms with Gasteiger partial charge in [-0.2, -0.15) is 0 Å². The highest BCUT2D eigenvalue weighted by Gasteiger charge is 2.58. The number of ketones is 1. The van der Waals surface area contributed by atoms with E-state index in [0.717, 1.165) is 30.3 Å². The maximum Gasteiger partial charge on any atom is 0.184 e. The smallest absolute Gasteiger partial charge is 0.184 e. The summed E-state index contributed by atoms with van der Waals surface area (Å²) in [5.41, 5.74) is 3.10. The van der Waals surface area contributed by atoms with Gasteiger partial charge in [0.05, 0.1) is 0 Å². The molecule has 0 aromatic carbocycles. The van der Waals surface area contributed by atoms with E-state index in [1.54, 1.807) is 5.57 Å². The summed E-state index contributed by atoms with van der Waals surface area (Å²) < 4.78 is 0.436. The van der Waals surface area contributed by atoms with Gasteiger partial charge in [0.15, 0.2) is 5.78 Å². The number of allylic oxidation sites excluding steroid dienone is 2. The molecular weight excluding hydrogens is 372 g/mol. The van der Waals surface area contributed by atoms with Crippen LogP contribution in [0.1, 0.15) is 65.2 Å². The first-order valence-electron chi connectivity index (χ1n) is 10.8. The predicted octanol–water partition coefficient (Wildman–Crippen LogP) is 5.57. The zero-order valence-electron chi connectivity index (χ0n) is 16.6. The van der Waals surface area contributed by atoms with Crippen LogP contribution < -0.4 is 0 Å². The Hall–Kier alpha value is -0.190. The zero-order chi connectivity index (χ0) is 18.9. The fourth-order valence-corrected chi connectivity index (χ4v) is 10.8. The van der Waals surface area contributed by atoms with Crippen molar-refractivity contribution in [1.82, 2.24) is 0 Å². The third kappa shape index (κ3) is 2.61. The van der Waals surface area contributed by atoms with Crippen LogP contribution in [0.15, 0.2) is 23.3 Å². The normalized spacial score (nSPS) is 48.5. The molecule has 1 aliphatic heterocycles. The molecule has 0 amide bonds. The van der Waals surface area contributed by atoms with Crippen molar-refractivity contribution in [3.05, 3.63) is 23.3 Å². The van der Waals surface area contributed by atoms with Crippen LogP contribution in [-0.4, -0.2) is 28.0 Å². The Morgan fingerprint density at radius 1 is 1.15 bits per heavy atom. The molecule has 2 nitrogen and oxygen atoms in total. The highest BCUT2D eigenvalue weighted by Crippen LogP contribution is 2.67. The van der Waals surface area contributed by atoms with E-state index in [1.165, 1.54) is 44.3 Å². The average Bonchev–Trinajstić information content (AvgIpc) is 3.26. The topological polar surface area (TPSA) is 37.3 Å². The zero-order valence-corrected chi connectivity index (χ0v) is 18.3. The van der Waals surface area contributed by atoms with Crippen LogP contribution in [0, 0.1) is 28.6 Å². The van der Waals surface area contributed by atoms with Crippen LogP contribution in [0.2, 0.25) is 0 Å². The van der Waals surface area contributed by atoms with E-state index >= 15 is 0 Å². The van der Waals surface area contributed by atoms with E-state index in [1.807, 2.05) is 0 Å². The van der Waals surface area contributed by atoms with E-state index in [4.69, 9.17) is 0 Å². The molecule has 1 spiro atoms. The van der Waals surface area contributed by atoms with Gasteiger partial charge in [0.25, 0.3) is 0 Å². The third-order valence-electron chi connectivity index (χ3n) is 9.10. The van der Waals surface area contributed by atoms with Crippen LogP contribution in [0.3, 0.4) is 0 Å². The van der Waals surface area contributed by atoms with Crippen LogP contribution in [0.5, 0.6) is 0 Å². The van der Waals surface area contributed by atoms with Gasteiger partial charge in [-0.1, -0.05) is 53.2 Å². The summed E-state index contributed by atoms with van der Waals surface area (Å²) in [6, 6.07) is 0. The van der Waals surface area contributed by atoms with E-state index in [9.17, 15) is 9.90 Å². The molecule has 0 aromatic heterocycles. The maximum atomic E-state index is 12.3. The van der Waals surface area contributed by atoms with Crippen molar-refractivity contribution >= 4 is 27.4 Å². The second kappa shape index (κ2) is 6.40. The lowest BCUT2D eigenvalue weighted by Crippen LogP contribution is -2.51. The highest BCUT2D eigenvalue weighted by molar-refractivity contribution is 8.77. The van der Waals surface area contributed by atoms with Crippen LogP contribution in [0.4, 0.5) is 0 Å². The van der Waals surface area contributed by atoms with Crippen molar-refractivity contribution < 1.29 is 9.90 Å². The van der Waals surface area contributed by atoms with Crippen LogP contribution >= 0.6 is 21.6 Å². The molecule has 27 heavy (non-hydrogen) atoms. The number of hydrogen-bond donors (Lipinski definition) is 1. The SMILES string of the molecule is C[C@]12CCC3(C=C1CC[C@@H]1[C@@H]2CC[C@]2(C)C(C(=O)CO)=CC[C@@H]12)CCSS3. The second-order valence-electron chi connectivity index (χ2n) is 10.1. The van der Waals surface area contributed by atoms with Crippen molar-refractivity contribution in [3.63, 3.8) is 0 Å². The largest absolute Gasteiger partial charge is 0.388 e. The van der Waals surface area contributed by atoms with E-state index in [0.29, 0.717) is 16.1 Å². The van der Waals surface area contributed by atoms with Crippen molar-refractivity contribution in [1.29, 1.82) is 0 Å². The second-order valence-corrected chi connectivity index (χ2v) is 12.9. The summed E-state index contributed by atoms with van der Waals surface area (Å²) in [7, 11) is 4.21. The predicted molar refractivity (Wildman–Crippen MR) is 115 cm³/mol. The molecule has 148 valence electrons. The first-order valence-corrected chi connectivity index (χ1v) is 13.1. The van der Waals surface area contributed by atoms with Crippen molar-refractivity contribution in [2.45, 2.75) is 70.0 Å². The Balaban J connectivity index is 1.44. The first-order chi connectivity index (χ1) is 12.9. The number of carbonyl (C=O) groups excluding carboxylic acids is 1. The molecule has 0 bridgehead atoms. The lowest BCUT2D eigenvalue weighted by Gasteiger charge is -2.59. The first kappa shape index (κ1) is 18.8. The molecule has 4 aliphatic carbocycles. The monoisotopic (exact) mass is 404 g/mol. The molecule has 2 saturated carbocycles. The van der Waals surface area contributed by atoms with E-state index in [-0.39, 0.29) is 17.8 Å². The van der Waals surface area contributed by atoms with Gasteiger partial charge in [-0.3, -0.25) is 4.79 Å². The minimum Gasteiger partial charge on any atom is -0.388 e. The lowest BCUT2D eigenvalue weighted by molar-refractivity contribution is -0.120. The van der Waals surface area contributed by atoms with Crippen LogP contribution in [-0.2, 0) is 4.79 Å². The van der Waals surface area contributed by atoms with Crippen LogP contribution in [0.25, 0.3) is 0 Å². The number of fused-ring (bicyclic) bond motifs is 5. The molecule has 5 aliphatic rings. The van der Waals surface area contributed by atoms with Crippen molar-refractivity contribution in [2.24, 2.45) is 28.6 Å². The van der Waals surface area contributed by atoms with Crippen molar-refractivity contribution in [3.8, 4) is 0 Å². The van der Waals surface area contributed by atoms with Gasteiger partial charge in [-0.25, -0.2) is 0 Å². The van der Waals surface area contributed by atoms with E-state index < -0.39 is 0 Å². The number of hydrogen-bond acceptors (Lipinski definition) is 4. The standard InChI is InChI=1S/C23H32O2S2/c1-21-9-10-23(11-12-26-27-23)13-15(21)3-4-16-17-5-6-19(20(25)14-24)22(17,2)8-7-18(16)21/h6,13,16-18,24H,3-5,7-12,14H2,1-2H3/t16-,17-,18-,21-,22-,23?/m0/s1. The highest BCUT2D eigenvalue weighted by atomic mass is 33.1. The fourth-order valence-electron chi connectivity index (χ4n) is 7.53. The summed E-state index contributed by atoms with van der Waals surface area (Å²) in [4.78, 5) is 12.3.